The highest BCUT2D eigenvalue weighted by molar-refractivity contribution is 5.91. The molecule has 0 saturated carbocycles. The Hall–Kier alpha value is -2.30. The molecule has 0 saturated heterocycles. The van der Waals surface area contributed by atoms with Crippen molar-refractivity contribution < 1.29 is 14.6 Å². The van der Waals surface area contributed by atoms with Crippen LogP contribution in [0.4, 0.5) is 0 Å². The zero-order valence-electron chi connectivity index (χ0n) is 9.88. The van der Waals surface area contributed by atoms with Gasteiger partial charge in [-0.25, -0.2) is 4.79 Å². The van der Waals surface area contributed by atoms with Crippen molar-refractivity contribution in [2.24, 2.45) is 0 Å². The number of hydrogen-bond donors (Lipinski definition) is 1. The van der Waals surface area contributed by atoms with E-state index in [-0.39, 0.29) is 12.3 Å². The lowest BCUT2D eigenvalue weighted by atomic mass is 10.0. The summed E-state index contributed by atoms with van der Waals surface area (Å²) in [4.78, 5) is 11.3. The third-order valence-electron chi connectivity index (χ3n) is 3.07. The SMILES string of the molecule is CCn1nc2c(c1C(=O)O)COc1ccccc1-2. The molecule has 0 unspecified atom stereocenters. The zero-order chi connectivity index (χ0) is 12.7. The second kappa shape index (κ2) is 3.87. The average molecular weight is 244 g/mol. The number of aromatic nitrogens is 2. The summed E-state index contributed by atoms with van der Waals surface area (Å²) in [6.45, 7) is 2.66. The molecule has 5 heteroatoms. The van der Waals surface area contributed by atoms with Gasteiger partial charge in [-0.1, -0.05) is 12.1 Å². The molecule has 1 N–H and O–H groups in total. The first kappa shape index (κ1) is 10.8. The summed E-state index contributed by atoms with van der Waals surface area (Å²) in [5, 5.41) is 13.7. The fraction of sp³-hybridized carbons (Fsp3) is 0.231. The number of para-hydroxylation sites is 1. The van der Waals surface area contributed by atoms with Crippen LogP contribution >= 0.6 is 0 Å². The van der Waals surface area contributed by atoms with Crippen molar-refractivity contribution >= 4 is 5.97 Å². The minimum absolute atomic E-state index is 0.224. The van der Waals surface area contributed by atoms with E-state index < -0.39 is 5.97 Å². The molecule has 5 nitrogen and oxygen atoms in total. The van der Waals surface area contributed by atoms with Crippen LogP contribution in [-0.2, 0) is 13.2 Å². The predicted octanol–water partition coefficient (Wildman–Crippen LogP) is 2.16. The summed E-state index contributed by atoms with van der Waals surface area (Å²) in [6.07, 6.45) is 0. The summed E-state index contributed by atoms with van der Waals surface area (Å²) in [6, 6.07) is 7.54. The molecule has 3 rings (SSSR count). The minimum Gasteiger partial charge on any atom is -0.488 e. The molecule has 0 spiro atoms. The van der Waals surface area contributed by atoms with Crippen LogP contribution in [0.5, 0.6) is 5.75 Å². The number of ether oxygens (including phenoxy) is 1. The standard InChI is InChI=1S/C13H12N2O3/c1-2-15-12(13(16)17)9-7-18-10-6-4-3-5-8(10)11(9)14-15/h3-6H,2,7H2,1H3,(H,16,17). The molecule has 2 aromatic rings. The number of carboxylic acid groups (broad SMARTS) is 1. The summed E-state index contributed by atoms with van der Waals surface area (Å²) >= 11 is 0. The largest absolute Gasteiger partial charge is 0.488 e. The van der Waals surface area contributed by atoms with Crippen molar-refractivity contribution in [3.8, 4) is 17.0 Å². The molecule has 1 aliphatic heterocycles. The van der Waals surface area contributed by atoms with E-state index in [9.17, 15) is 9.90 Å². The van der Waals surface area contributed by atoms with Crippen LogP contribution in [0.15, 0.2) is 24.3 Å². The molecule has 0 bridgehead atoms. The van der Waals surface area contributed by atoms with Crippen LogP contribution in [0.3, 0.4) is 0 Å². The van der Waals surface area contributed by atoms with Gasteiger partial charge in [0.1, 0.15) is 18.1 Å². The fourth-order valence-corrected chi connectivity index (χ4v) is 2.26. The molecule has 0 atom stereocenters. The highest BCUT2D eigenvalue weighted by Crippen LogP contribution is 2.37. The van der Waals surface area contributed by atoms with Crippen molar-refractivity contribution in [2.75, 3.05) is 0 Å². The molecular weight excluding hydrogens is 232 g/mol. The molecule has 18 heavy (non-hydrogen) atoms. The molecule has 0 aliphatic carbocycles. The number of carbonyl (C=O) groups is 1. The lowest BCUT2D eigenvalue weighted by Gasteiger charge is -2.16. The topological polar surface area (TPSA) is 64.4 Å². The Morgan fingerprint density at radius 2 is 2.28 bits per heavy atom. The number of carboxylic acids is 1. The van der Waals surface area contributed by atoms with Gasteiger partial charge in [-0.2, -0.15) is 5.10 Å². The number of fused-ring (bicyclic) bond motifs is 3. The molecule has 1 aromatic carbocycles. The quantitative estimate of drug-likeness (QED) is 0.879. The second-order valence-corrected chi connectivity index (χ2v) is 4.08. The van der Waals surface area contributed by atoms with Gasteiger partial charge >= 0.3 is 5.97 Å². The van der Waals surface area contributed by atoms with Gasteiger partial charge in [-0.15, -0.1) is 0 Å². The van der Waals surface area contributed by atoms with Gasteiger partial charge in [0.15, 0.2) is 5.69 Å². The van der Waals surface area contributed by atoms with Crippen molar-refractivity contribution in [3.63, 3.8) is 0 Å². The summed E-state index contributed by atoms with van der Waals surface area (Å²) < 4.78 is 7.09. The number of aryl methyl sites for hydroxylation is 1. The van der Waals surface area contributed by atoms with Gasteiger partial charge in [-0.3, -0.25) is 4.68 Å². The Kier molecular flexibility index (Phi) is 2.33. The molecule has 92 valence electrons. The summed E-state index contributed by atoms with van der Waals surface area (Å²) in [5.74, 6) is -0.212. The number of benzene rings is 1. The molecule has 2 heterocycles. The van der Waals surface area contributed by atoms with Gasteiger partial charge in [0.05, 0.1) is 5.56 Å². The van der Waals surface area contributed by atoms with Crippen LogP contribution in [0.2, 0.25) is 0 Å². The fourth-order valence-electron chi connectivity index (χ4n) is 2.26. The number of hydrogen-bond acceptors (Lipinski definition) is 3. The number of rotatable bonds is 2. The first-order valence-corrected chi connectivity index (χ1v) is 5.77. The van der Waals surface area contributed by atoms with E-state index in [0.717, 1.165) is 17.0 Å². The highest BCUT2D eigenvalue weighted by atomic mass is 16.5. The molecule has 0 radical (unpaired) electrons. The normalized spacial score (nSPS) is 12.5. The number of nitrogens with zero attached hydrogens (tertiary/aromatic N) is 2. The monoisotopic (exact) mass is 244 g/mol. The summed E-state index contributed by atoms with van der Waals surface area (Å²) in [5.41, 5.74) is 2.45. The Labute approximate surface area is 104 Å². The van der Waals surface area contributed by atoms with Gasteiger partial charge in [0.2, 0.25) is 0 Å². The first-order chi connectivity index (χ1) is 8.72. The molecule has 0 amide bonds. The average Bonchev–Trinajstić information content (AvgIpc) is 2.77. The Bertz CT molecular complexity index is 631. The van der Waals surface area contributed by atoms with Crippen LogP contribution < -0.4 is 4.74 Å². The third kappa shape index (κ3) is 1.40. The van der Waals surface area contributed by atoms with E-state index in [4.69, 9.17) is 4.74 Å². The smallest absolute Gasteiger partial charge is 0.354 e. The van der Waals surface area contributed by atoms with E-state index in [2.05, 4.69) is 5.10 Å². The maximum absolute atomic E-state index is 11.3. The van der Waals surface area contributed by atoms with Crippen LogP contribution in [-0.4, -0.2) is 20.9 Å². The second-order valence-electron chi connectivity index (χ2n) is 4.08. The van der Waals surface area contributed by atoms with E-state index in [1.807, 2.05) is 31.2 Å². The van der Waals surface area contributed by atoms with E-state index in [1.165, 1.54) is 4.68 Å². The maximum atomic E-state index is 11.3. The molecule has 1 aliphatic rings. The Morgan fingerprint density at radius 3 is 3.00 bits per heavy atom. The minimum atomic E-state index is -0.964. The number of aromatic carboxylic acids is 1. The van der Waals surface area contributed by atoms with E-state index in [1.54, 1.807) is 0 Å². The van der Waals surface area contributed by atoms with Crippen molar-refractivity contribution in [1.82, 2.24) is 9.78 Å². The zero-order valence-corrected chi connectivity index (χ0v) is 9.88. The Morgan fingerprint density at radius 1 is 1.50 bits per heavy atom. The molecule has 0 fully saturated rings. The van der Waals surface area contributed by atoms with Gasteiger partial charge < -0.3 is 9.84 Å². The van der Waals surface area contributed by atoms with Crippen molar-refractivity contribution in [2.45, 2.75) is 20.1 Å². The van der Waals surface area contributed by atoms with Gasteiger partial charge in [-0.05, 0) is 19.1 Å². The van der Waals surface area contributed by atoms with Crippen LogP contribution in [0.25, 0.3) is 11.3 Å². The third-order valence-corrected chi connectivity index (χ3v) is 3.07. The van der Waals surface area contributed by atoms with Gasteiger partial charge in [0.25, 0.3) is 0 Å². The first-order valence-electron chi connectivity index (χ1n) is 5.77. The van der Waals surface area contributed by atoms with Gasteiger partial charge in [0, 0.05) is 12.1 Å². The lowest BCUT2D eigenvalue weighted by Crippen LogP contribution is -2.12. The maximum Gasteiger partial charge on any atom is 0.354 e. The Balaban J connectivity index is 2.27. The van der Waals surface area contributed by atoms with Crippen LogP contribution in [0, 0.1) is 0 Å². The van der Waals surface area contributed by atoms with E-state index in [0.29, 0.717) is 12.1 Å². The summed E-state index contributed by atoms with van der Waals surface area (Å²) in [7, 11) is 0. The van der Waals surface area contributed by atoms with Crippen LogP contribution in [0.1, 0.15) is 23.0 Å². The predicted molar refractivity (Wildman–Crippen MR) is 64.6 cm³/mol. The van der Waals surface area contributed by atoms with Crippen molar-refractivity contribution in [3.05, 3.63) is 35.5 Å². The molecular formula is C13H12N2O3. The lowest BCUT2D eigenvalue weighted by molar-refractivity contribution is 0.0680. The highest BCUT2D eigenvalue weighted by Gasteiger charge is 2.28. The van der Waals surface area contributed by atoms with E-state index >= 15 is 0 Å². The molecule has 1 aromatic heterocycles. The van der Waals surface area contributed by atoms with Crippen molar-refractivity contribution in [1.29, 1.82) is 0 Å².